The molecular formula is C8H11I3N4Se2. The van der Waals surface area contributed by atoms with Gasteiger partial charge in [-0.25, -0.2) is 0 Å². The Balaban J connectivity index is 0.000000811. The smallest absolute Gasteiger partial charge is 0 e. The summed E-state index contributed by atoms with van der Waals surface area (Å²) < 4.78 is 6.78. The number of aromatic amines is 1. The maximum atomic E-state index is 4.33. The summed E-state index contributed by atoms with van der Waals surface area (Å²) in [5.41, 5.74) is 0. The SMILES string of the molecule is Cn1ccnc1[Se][Se]c1[nH]cc[n+]1C.II.[I-]. The zero-order valence-corrected chi connectivity index (χ0v) is 19.0. The van der Waals surface area contributed by atoms with Crippen molar-refractivity contribution in [1.29, 1.82) is 0 Å². The molecule has 0 saturated carbocycles. The molecule has 0 aliphatic rings. The van der Waals surface area contributed by atoms with Crippen LogP contribution in [0.3, 0.4) is 0 Å². The molecule has 0 fully saturated rings. The maximum Gasteiger partial charge on any atom is 0 e. The average Bonchev–Trinajstić information content (AvgIpc) is 2.88. The molecule has 0 atom stereocenters. The Hall–Kier alpha value is 1.65. The predicted molar refractivity (Wildman–Crippen MR) is 84.0 cm³/mol. The van der Waals surface area contributed by atoms with Gasteiger partial charge in [0.1, 0.15) is 0 Å². The van der Waals surface area contributed by atoms with Crippen LogP contribution in [0.15, 0.2) is 24.8 Å². The standard InChI is InChI=1S/C8H10N4Se2.I2.HI/c1-11-5-3-9-7(11)13-14-8-10-4-6-12(8)2;1-2;/h3-6H,1-2H3;;1H. The molecule has 0 amide bonds. The van der Waals surface area contributed by atoms with Crippen molar-refractivity contribution >= 4 is 72.9 Å². The Bertz CT molecular complexity index is 392. The van der Waals surface area contributed by atoms with Gasteiger partial charge in [-0.2, -0.15) is 0 Å². The zero-order valence-electron chi connectivity index (χ0n) is 9.10. The third-order valence-corrected chi connectivity index (χ3v) is 8.55. The van der Waals surface area contributed by atoms with Gasteiger partial charge in [-0.15, -0.1) is 0 Å². The van der Waals surface area contributed by atoms with Crippen LogP contribution in [0, 0.1) is 0 Å². The van der Waals surface area contributed by atoms with Crippen LogP contribution >= 0.6 is 37.2 Å². The fourth-order valence-corrected chi connectivity index (χ4v) is 7.74. The molecule has 0 aromatic carbocycles. The summed E-state index contributed by atoms with van der Waals surface area (Å²) in [5.74, 6) is 0. The first-order valence-corrected chi connectivity index (χ1v) is 16.6. The number of aromatic nitrogens is 4. The van der Waals surface area contributed by atoms with Crippen LogP contribution in [-0.4, -0.2) is 40.8 Å². The number of hydrogen-bond donors (Lipinski definition) is 1. The number of nitrogens with one attached hydrogen (secondary N) is 1. The summed E-state index contributed by atoms with van der Waals surface area (Å²) in [5, 5.41) is 0. The van der Waals surface area contributed by atoms with Crippen molar-refractivity contribution in [3.05, 3.63) is 24.8 Å². The molecule has 0 unspecified atom stereocenters. The zero-order chi connectivity index (χ0) is 12.0. The molecule has 17 heavy (non-hydrogen) atoms. The monoisotopic (exact) mass is 704 g/mol. The number of halogens is 3. The van der Waals surface area contributed by atoms with Gasteiger partial charge in [0, 0.05) is 37.2 Å². The van der Waals surface area contributed by atoms with E-state index in [0.717, 1.165) is 0 Å². The normalized spacial score (nSPS) is 9.18. The second-order valence-corrected chi connectivity index (χ2v) is 8.77. The second kappa shape index (κ2) is 10.4. The molecule has 1 N–H and O–H groups in total. The number of rotatable bonds is 3. The summed E-state index contributed by atoms with van der Waals surface area (Å²) in [4.78, 5) is 7.58. The summed E-state index contributed by atoms with van der Waals surface area (Å²) in [7, 11) is 4.12. The van der Waals surface area contributed by atoms with Gasteiger partial charge in [-0.05, 0) is 0 Å². The summed E-state index contributed by atoms with van der Waals surface area (Å²) in [6.07, 6.45) is 7.89. The van der Waals surface area contributed by atoms with Gasteiger partial charge in [0.15, 0.2) is 0 Å². The number of nitrogens with zero attached hydrogens (tertiary/aromatic N) is 3. The van der Waals surface area contributed by atoms with Crippen molar-refractivity contribution in [2.45, 2.75) is 0 Å². The quantitative estimate of drug-likeness (QED) is 0.203. The molecule has 0 radical (unpaired) electrons. The van der Waals surface area contributed by atoms with Crippen molar-refractivity contribution in [3.63, 3.8) is 0 Å². The predicted octanol–water partition coefficient (Wildman–Crippen LogP) is -3.38. The van der Waals surface area contributed by atoms with Crippen molar-refractivity contribution in [3.8, 4) is 0 Å². The number of imidazole rings is 2. The molecule has 0 aliphatic heterocycles. The molecule has 0 bridgehead atoms. The van der Waals surface area contributed by atoms with E-state index < -0.39 is 0 Å². The topological polar surface area (TPSA) is 37.5 Å². The molecular weight excluding hydrogens is 691 g/mol. The van der Waals surface area contributed by atoms with E-state index in [1.807, 2.05) is 24.8 Å². The molecule has 2 aromatic heterocycles. The minimum Gasteiger partial charge on any atom is -1.00 e. The minimum absolute atomic E-state index is 0. The average molecular weight is 702 g/mol. The van der Waals surface area contributed by atoms with E-state index in [4.69, 9.17) is 0 Å². The van der Waals surface area contributed by atoms with Gasteiger partial charge >= 0.3 is 93.7 Å². The molecule has 0 aliphatic carbocycles. The summed E-state index contributed by atoms with van der Waals surface area (Å²) >= 11 is 5.20. The molecule has 2 aromatic rings. The van der Waals surface area contributed by atoms with Crippen molar-refractivity contribution in [2.75, 3.05) is 0 Å². The summed E-state index contributed by atoms with van der Waals surface area (Å²) in [6, 6.07) is 0. The minimum atomic E-state index is 0. The Kier molecular flexibility index (Phi) is 11.5. The van der Waals surface area contributed by atoms with E-state index in [9.17, 15) is 0 Å². The first-order valence-electron chi connectivity index (χ1n) is 4.26. The Morgan fingerprint density at radius 3 is 2.59 bits per heavy atom. The third kappa shape index (κ3) is 6.09. The van der Waals surface area contributed by atoms with Crippen LogP contribution in [0.2, 0.25) is 0 Å². The van der Waals surface area contributed by atoms with Gasteiger partial charge in [-0.3, -0.25) is 0 Å². The third-order valence-electron chi connectivity index (χ3n) is 1.80. The Morgan fingerprint density at radius 2 is 2.12 bits per heavy atom. The first-order chi connectivity index (χ1) is 7.77. The molecule has 9 heteroatoms. The number of H-pyrrole nitrogens is 1. The van der Waals surface area contributed by atoms with E-state index in [0.29, 0.717) is 26.3 Å². The Morgan fingerprint density at radius 1 is 1.41 bits per heavy atom. The van der Waals surface area contributed by atoms with Gasteiger partial charge < -0.3 is 24.0 Å². The van der Waals surface area contributed by atoms with Gasteiger partial charge in [0.25, 0.3) is 0 Å². The van der Waals surface area contributed by atoms with Crippen molar-refractivity contribution in [2.24, 2.45) is 14.1 Å². The molecule has 2 rings (SSSR count). The molecule has 96 valence electrons. The number of aryl methyl sites for hydroxylation is 2. The maximum absolute atomic E-state index is 4.33. The van der Waals surface area contributed by atoms with Crippen LogP contribution in [0.4, 0.5) is 0 Å². The van der Waals surface area contributed by atoms with Crippen LogP contribution in [0.5, 0.6) is 0 Å². The van der Waals surface area contributed by atoms with Crippen LogP contribution < -0.4 is 38.0 Å². The molecule has 0 saturated heterocycles. The van der Waals surface area contributed by atoms with Gasteiger partial charge in [0.05, 0.1) is 0 Å². The van der Waals surface area contributed by atoms with Crippen LogP contribution in [0.1, 0.15) is 0 Å². The second-order valence-electron chi connectivity index (χ2n) is 2.86. The fraction of sp³-hybridized carbons (Fsp3) is 0.250. The molecule has 4 nitrogen and oxygen atoms in total. The fourth-order valence-electron chi connectivity index (χ4n) is 0.982. The van der Waals surface area contributed by atoms with Gasteiger partial charge in [0.2, 0.25) is 0 Å². The number of hydrogen-bond acceptors (Lipinski definition) is 1. The first kappa shape index (κ1) is 18.6. The van der Waals surface area contributed by atoms with Crippen LogP contribution in [-0.2, 0) is 14.1 Å². The largest absolute Gasteiger partial charge is 1.00 e. The van der Waals surface area contributed by atoms with Crippen molar-refractivity contribution in [1.82, 2.24) is 14.5 Å². The molecule has 2 heterocycles. The van der Waals surface area contributed by atoms with E-state index in [2.05, 4.69) is 70.4 Å². The van der Waals surface area contributed by atoms with Gasteiger partial charge in [-0.1, -0.05) is 0 Å². The van der Waals surface area contributed by atoms with E-state index >= 15 is 0 Å². The van der Waals surface area contributed by atoms with Crippen molar-refractivity contribution < 1.29 is 28.5 Å². The van der Waals surface area contributed by atoms with Crippen LogP contribution in [0.25, 0.3) is 0 Å². The Labute approximate surface area is 152 Å². The van der Waals surface area contributed by atoms with E-state index in [1.54, 1.807) is 0 Å². The van der Waals surface area contributed by atoms with E-state index in [1.165, 1.54) is 9.45 Å². The molecule has 0 spiro atoms. The summed E-state index contributed by atoms with van der Waals surface area (Å²) in [6.45, 7) is 0. The van der Waals surface area contributed by atoms with E-state index in [-0.39, 0.29) is 24.0 Å².